The topological polar surface area (TPSA) is 86.9 Å². The number of nitrogen functional groups attached to an aromatic ring is 1. The van der Waals surface area contributed by atoms with Gasteiger partial charge in [0.2, 0.25) is 5.95 Å². The molecule has 0 aromatic carbocycles. The first-order valence-electron chi connectivity index (χ1n) is 11.3. The maximum Gasteiger partial charge on any atom is 0.256 e. The highest BCUT2D eigenvalue weighted by Gasteiger charge is 2.19. The molecule has 4 aromatic heterocycles. The van der Waals surface area contributed by atoms with E-state index in [4.69, 9.17) is 5.73 Å². The molecule has 2 N–H and O–H groups in total. The highest BCUT2D eigenvalue weighted by Crippen LogP contribution is 2.29. The largest absolute Gasteiger partial charge is 0.367 e. The molecular weight excluding hydrogens is 431 g/mol. The SMILES string of the molecule is CCC1CCCCC1.Cc1nc2ccc(-c3c(F)cn4nc(N)ncc34)nc2n1CC(F)F. The first-order chi connectivity index (χ1) is 15.9. The third-order valence-corrected chi connectivity index (χ3v) is 6.17. The molecule has 176 valence electrons. The number of anilines is 1. The molecule has 4 heterocycles. The first-order valence-corrected chi connectivity index (χ1v) is 11.3. The van der Waals surface area contributed by atoms with E-state index in [0.717, 1.165) is 12.1 Å². The van der Waals surface area contributed by atoms with E-state index in [2.05, 4.69) is 27.0 Å². The van der Waals surface area contributed by atoms with E-state index in [1.54, 1.807) is 19.1 Å². The highest BCUT2D eigenvalue weighted by atomic mass is 19.3. The Morgan fingerprint density at radius 1 is 1.15 bits per heavy atom. The van der Waals surface area contributed by atoms with Crippen LogP contribution < -0.4 is 5.73 Å². The third kappa shape index (κ3) is 4.94. The van der Waals surface area contributed by atoms with E-state index >= 15 is 0 Å². The Bertz CT molecular complexity index is 1240. The van der Waals surface area contributed by atoms with Crippen LogP contribution in [-0.2, 0) is 6.54 Å². The lowest BCUT2D eigenvalue weighted by molar-refractivity contribution is 0.127. The summed E-state index contributed by atoms with van der Waals surface area (Å²) in [6.45, 7) is 3.40. The second-order valence-corrected chi connectivity index (χ2v) is 8.41. The second-order valence-electron chi connectivity index (χ2n) is 8.41. The number of halogens is 3. The molecule has 5 rings (SSSR count). The summed E-state index contributed by atoms with van der Waals surface area (Å²) in [6, 6.07) is 3.20. The minimum atomic E-state index is -2.55. The zero-order chi connectivity index (χ0) is 23.5. The molecule has 0 spiro atoms. The van der Waals surface area contributed by atoms with Gasteiger partial charge in [-0.05, 0) is 25.0 Å². The van der Waals surface area contributed by atoms with Crippen molar-refractivity contribution in [3.05, 3.63) is 36.2 Å². The van der Waals surface area contributed by atoms with Crippen LogP contribution in [-0.4, -0.2) is 35.6 Å². The van der Waals surface area contributed by atoms with Crippen LogP contribution in [0.2, 0.25) is 0 Å². The molecule has 0 saturated heterocycles. The molecule has 33 heavy (non-hydrogen) atoms. The number of pyridine rings is 1. The number of alkyl halides is 2. The van der Waals surface area contributed by atoms with Crippen LogP contribution in [0.5, 0.6) is 0 Å². The van der Waals surface area contributed by atoms with Crippen LogP contribution in [0.25, 0.3) is 27.9 Å². The van der Waals surface area contributed by atoms with Crippen molar-refractivity contribution in [2.45, 2.75) is 65.3 Å². The van der Waals surface area contributed by atoms with Gasteiger partial charge in [0.15, 0.2) is 11.5 Å². The van der Waals surface area contributed by atoms with Crippen molar-refractivity contribution < 1.29 is 13.2 Å². The Balaban J connectivity index is 0.000000275. The van der Waals surface area contributed by atoms with E-state index in [1.807, 2.05) is 0 Å². The summed E-state index contributed by atoms with van der Waals surface area (Å²) in [7, 11) is 0. The normalized spacial score (nSPS) is 14.7. The molecule has 0 unspecified atom stereocenters. The Kier molecular flexibility index (Phi) is 6.80. The van der Waals surface area contributed by atoms with Crippen LogP contribution in [0.3, 0.4) is 0 Å². The zero-order valence-electron chi connectivity index (χ0n) is 18.8. The summed E-state index contributed by atoms with van der Waals surface area (Å²) in [5.41, 5.74) is 7.05. The lowest BCUT2D eigenvalue weighted by Crippen LogP contribution is -2.09. The molecule has 0 amide bonds. The van der Waals surface area contributed by atoms with Gasteiger partial charge in [-0.15, -0.1) is 5.10 Å². The molecule has 1 fully saturated rings. The van der Waals surface area contributed by atoms with Crippen LogP contribution in [0.15, 0.2) is 24.5 Å². The highest BCUT2D eigenvalue weighted by molar-refractivity contribution is 5.83. The van der Waals surface area contributed by atoms with E-state index in [1.165, 1.54) is 53.8 Å². The summed E-state index contributed by atoms with van der Waals surface area (Å²) in [5, 5.41) is 3.90. The Morgan fingerprint density at radius 2 is 1.91 bits per heavy atom. The fraction of sp³-hybridized carbons (Fsp3) is 0.478. The number of hydrogen-bond acceptors (Lipinski definition) is 5. The van der Waals surface area contributed by atoms with Gasteiger partial charge in [0.25, 0.3) is 6.43 Å². The first kappa shape index (κ1) is 23.0. The molecule has 10 heteroatoms. The fourth-order valence-corrected chi connectivity index (χ4v) is 4.41. The lowest BCUT2D eigenvalue weighted by Gasteiger charge is -2.18. The predicted molar refractivity (Wildman–Crippen MR) is 121 cm³/mol. The van der Waals surface area contributed by atoms with Gasteiger partial charge in [0.05, 0.1) is 35.7 Å². The molecule has 0 aliphatic heterocycles. The van der Waals surface area contributed by atoms with E-state index in [0.29, 0.717) is 16.9 Å². The number of imidazole rings is 1. The molecule has 0 atom stereocenters. The van der Waals surface area contributed by atoms with E-state index in [-0.39, 0.29) is 22.9 Å². The monoisotopic (exact) mass is 459 g/mol. The van der Waals surface area contributed by atoms with Gasteiger partial charge < -0.3 is 10.3 Å². The summed E-state index contributed by atoms with van der Waals surface area (Å²) < 4.78 is 42.6. The van der Waals surface area contributed by atoms with Gasteiger partial charge in [-0.2, -0.15) is 0 Å². The summed E-state index contributed by atoms with van der Waals surface area (Å²) in [5.74, 6) is 0.938. The Hall–Kier alpha value is -3.17. The molecule has 4 aromatic rings. The van der Waals surface area contributed by atoms with Gasteiger partial charge >= 0.3 is 0 Å². The number of nitrogens with zero attached hydrogens (tertiary/aromatic N) is 6. The minimum absolute atomic E-state index is 0.00287. The number of aryl methyl sites for hydroxylation is 1. The zero-order valence-corrected chi connectivity index (χ0v) is 18.8. The average Bonchev–Trinajstić information content (AvgIpc) is 3.29. The second kappa shape index (κ2) is 9.76. The number of rotatable bonds is 4. The number of nitrogens with two attached hydrogens (primary N) is 1. The van der Waals surface area contributed by atoms with Gasteiger partial charge in [-0.25, -0.2) is 32.6 Å². The number of hydrogen-bond donors (Lipinski definition) is 1. The van der Waals surface area contributed by atoms with Crippen LogP contribution >= 0.6 is 0 Å². The molecule has 1 aliphatic carbocycles. The molecule has 7 nitrogen and oxygen atoms in total. The maximum atomic E-state index is 14.4. The number of aromatic nitrogens is 6. The minimum Gasteiger partial charge on any atom is -0.367 e. The van der Waals surface area contributed by atoms with Crippen molar-refractivity contribution in [1.82, 2.24) is 29.1 Å². The van der Waals surface area contributed by atoms with Gasteiger partial charge in [0.1, 0.15) is 11.3 Å². The quantitative estimate of drug-likeness (QED) is 0.441. The van der Waals surface area contributed by atoms with Crippen LogP contribution in [0.1, 0.15) is 51.3 Å². The third-order valence-electron chi connectivity index (χ3n) is 6.17. The standard InChI is InChI=1S/C15H12F3N7.C8H16/c1-7-21-10-3-2-9(22-14(10)24(7)6-12(17)18)13-8(16)5-25-11(13)4-20-15(19)23-25;1-2-8-6-4-3-5-7-8/h2-5,12H,6H2,1H3,(H2,19,23);8H,2-7H2,1H3. The predicted octanol–water partition coefficient (Wildman–Crippen LogP) is 5.41. The van der Waals surface area contributed by atoms with Gasteiger partial charge in [-0.1, -0.05) is 45.4 Å². The van der Waals surface area contributed by atoms with E-state index in [9.17, 15) is 13.2 Å². The lowest BCUT2D eigenvalue weighted by atomic mass is 9.88. The van der Waals surface area contributed by atoms with Crippen molar-refractivity contribution in [1.29, 1.82) is 0 Å². The molecule has 1 aliphatic rings. The Morgan fingerprint density at radius 3 is 2.58 bits per heavy atom. The molecular formula is C23H28F3N7. The van der Waals surface area contributed by atoms with Gasteiger partial charge in [-0.3, -0.25) is 0 Å². The number of fused-ring (bicyclic) bond motifs is 2. The van der Waals surface area contributed by atoms with Crippen LogP contribution in [0.4, 0.5) is 19.1 Å². The Labute approximate surface area is 189 Å². The molecule has 1 saturated carbocycles. The van der Waals surface area contributed by atoms with Crippen molar-refractivity contribution >= 4 is 22.6 Å². The molecule has 0 bridgehead atoms. The smallest absolute Gasteiger partial charge is 0.256 e. The summed E-state index contributed by atoms with van der Waals surface area (Å²) >= 11 is 0. The summed E-state index contributed by atoms with van der Waals surface area (Å²) in [6.07, 6.45) is 8.93. The van der Waals surface area contributed by atoms with Crippen LogP contribution in [0, 0.1) is 18.7 Å². The van der Waals surface area contributed by atoms with Crippen molar-refractivity contribution in [3.8, 4) is 11.3 Å². The van der Waals surface area contributed by atoms with Crippen molar-refractivity contribution in [3.63, 3.8) is 0 Å². The van der Waals surface area contributed by atoms with Crippen molar-refractivity contribution in [2.24, 2.45) is 5.92 Å². The molecule has 0 radical (unpaired) electrons. The van der Waals surface area contributed by atoms with Crippen molar-refractivity contribution in [2.75, 3.05) is 5.73 Å². The fourth-order valence-electron chi connectivity index (χ4n) is 4.41. The average molecular weight is 460 g/mol. The van der Waals surface area contributed by atoms with Gasteiger partial charge in [0, 0.05) is 0 Å². The maximum absolute atomic E-state index is 14.4. The summed E-state index contributed by atoms with van der Waals surface area (Å²) in [4.78, 5) is 12.4. The van der Waals surface area contributed by atoms with E-state index < -0.39 is 18.8 Å².